The van der Waals surface area contributed by atoms with E-state index in [9.17, 15) is 0 Å². The minimum atomic E-state index is 0. The Balaban J connectivity index is 0.00000162. The van der Waals surface area contributed by atoms with Crippen molar-refractivity contribution in [3.05, 3.63) is 18.0 Å². The van der Waals surface area contributed by atoms with Gasteiger partial charge in [0.05, 0.1) is 18.3 Å². The number of nitrogens with one attached hydrogen (secondary N) is 2. The monoisotopic (exact) mass is 363 g/mol. The predicted octanol–water partition coefficient (Wildman–Crippen LogP) is 1.91. The molecular formula is C12H22IN5. The Morgan fingerprint density at radius 1 is 1.50 bits per heavy atom. The van der Waals surface area contributed by atoms with E-state index in [0.717, 1.165) is 11.7 Å². The minimum Gasteiger partial charge on any atom is -0.359 e. The highest BCUT2D eigenvalue weighted by atomic mass is 127. The van der Waals surface area contributed by atoms with E-state index in [-0.39, 0.29) is 24.0 Å². The van der Waals surface area contributed by atoms with E-state index in [1.54, 1.807) is 7.05 Å². The molecule has 0 bridgehead atoms. The maximum absolute atomic E-state index is 4.60. The quantitative estimate of drug-likeness (QED) is 0.490. The Hall–Kier alpha value is -0.790. The highest BCUT2D eigenvalue weighted by Crippen LogP contribution is 2.28. The molecule has 102 valence electrons. The van der Waals surface area contributed by atoms with Crippen LogP contribution >= 0.6 is 24.0 Å². The summed E-state index contributed by atoms with van der Waals surface area (Å²) in [7, 11) is 3.61. The normalized spacial score (nSPS) is 16.4. The van der Waals surface area contributed by atoms with Crippen molar-refractivity contribution in [2.24, 2.45) is 4.99 Å². The number of aromatic nitrogens is 2. The van der Waals surface area contributed by atoms with Gasteiger partial charge in [-0.25, -0.2) is 0 Å². The van der Waals surface area contributed by atoms with Crippen LogP contribution in [0.4, 0.5) is 0 Å². The van der Waals surface area contributed by atoms with E-state index < -0.39 is 0 Å². The van der Waals surface area contributed by atoms with Crippen LogP contribution in [0, 0.1) is 0 Å². The smallest absolute Gasteiger partial charge is 0.191 e. The molecule has 0 saturated heterocycles. The Bertz CT molecular complexity index is 382. The van der Waals surface area contributed by atoms with E-state index in [1.165, 1.54) is 25.7 Å². The Labute approximate surface area is 125 Å². The van der Waals surface area contributed by atoms with Gasteiger partial charge in [0.15, 0.2) is 5.96 Å². The van der Waals surface area contributed by atoms with E-state index in [2.05, 4.69) is 37.7 Å². The van der Waals surface area contributed by atoms with Gasteiger partial charge in [0.25, 0.3) is 0 Å². The van der Waals surface area contributed by atoms with Crippen molar-refractivity contribution in [1.29, 1.82) is 0 Å². The van der Waals surface area contributed by atoms with Crippen molar-refractivity contribution in [2.45, 2.75) is 38.3 Å². The number of hydrogen-bond acceptors (Lipinski definition) is 2. The molecule has 0 radical (unpaired) electrons. The van der Waals surface area contributed by atoms with Crippen LogP contribution in [0.1, 0.15) is 37.4 Å². The zero-order valence-corrected chi connectivity index (χ0v) is 13.3. The van der Waals surface area contributed by atoms with Crippen LogP contribution in [-0.2, 0) is 6.54 Å². The molecule has 1 aliphatic rings. The van der Waals surface area contributed by atoms with Crippen molar-refractivity contribution in [2.75, 3.05) is 14.1 Å². The van der Waals surface area contributed by atoms with Crippen LogP contribution in [-0.4, -0.2) is 29.8 Å². The van der Waals surface area contributed by atoms with Gasteiger partial charge in [-0.15, -0.1) is 24.0 Å². The highest BCUT2D eigenvalue weighted by Gasteiger charge is 2.17. The summed E-state index contributed by atoms with van der Waals surface area (Å²) >= 11 is 0. The zero-order valence-electron chi connectivity index (χ0n) is 11.0. The zero-order chi connectivity index (χ0) is 12.1. The third-order valence-corrected chi connectivity index (χ3v) is 3.26. The van der Waals surface area contributed by atoms with Crippen LogP contribution in [0.3, 0.4) is 0 Å². The van der Waals surface area contributed by atoms with Gasteiger partial charge in [-0.3, -0.25) is 9.67 Å². The maximum Gasteiger partial charge on any atom is 0.191 e. The predicted molar refractivity (Wildman–Crippen MR) is 84.4 cm³/mol. The first-order chi connectivity index (χ1) is 8.33. The first-order valence-electron chi connectivity index (χ1n) is 6.26. The molecule has 5 nitrogen and oxygen atoms in total. The molecule has 0 spiro atoms. The molecule has 2 rings (SSSR count). The molecule has 1 saturated carbocycles. The second-order valence-corrected chi connectivity index (χ2v) is 4.40. The fraction of sp³-hybridized carbons (Fsp3) is 0.667. The van der Waals surface area contributed by atoms with Crippen LogP contribution in [0.15, 0.2) is 17.3 Å². The SMILES string of the molecule is CN=C(NC)NCc1ccn(C2CCCC2)n1.I. The molecule has 0 aliphatic heterocycles. The van der Waals surface area contributed by atoms with Gasteiger partial charge in [0.1, 0.15) is 0 Å². The van der Waals surface area contributed by atoms with Gasteiger partial charge in [0.2, 0.25) is 0 Å². The van der Waals surface area contributed by atoms with Crippen LogP contribution < -0.4 is 10.6 Å². The molecule has 1 fully saturated rings. The summed E-state index contributed by atoms with van der Waals surface area (Å²) in [6, 6.07) is 2.70. The molecule has 0 aromatic carbocycles. The summed E-state index contributed by atoms with van der Waals surface area (Å²) in [5.74, 6) is 0.792. The third kappa shape index (κ3) is 3.86. The Morgan fingerprint density at radius 2 is 2.22 bits per heavy atom. The molecule has 1 heterocycles. The number of aliphatic imine (C=N–C) groups is 1. The molecule has 1 aromatic heterocycles. The number of rotatable bonds is 3. The lowest BCUT2D eigenvalue weighted by Gasteiger charge is -2.09. The van der Waals surface area contributed by atoms with Gasteiger partial charge >= 0.3 is 0 Å². The lowest BCUT2D eigenvalue weighted by molar-refractivity contribution is 0.462. The molecule has 1 aromatic rings. The summed E-state index contributed by atoms with van der Waals surface area (Å²) in [4.78, 5) is 4.07. The molecular weight excluding hydrogens is 341 g/mol. The first kappa shape index (κ1) is 15.3. The molecule has 0 amide bonds. The van der Waals surface area contributed by atoms with Crippen molar-refractivity contribution in [3.8, 4) is 0 Å². The van der Waals surface area contributed by atoms with Crippen molar-refractivity contribution < 1.29 is 0 Å². The molecule has 6 heteroatoms. The van der Waals surface area contributed by atoms with Gasteiger partial charge < -0.3 is 10.6 Å². The number of halogens is 1. The van der Waals surface area contributed by atoms with Crippen molar-refractivity contribution in [1.82, 2.24) is 20.4 Å². The molecule has 2 N–H and O–H groups in total. The topological polar surface area (TPSA) is 54.2 Å². The van der Waals surface area contributed by atoms with E-state index in [1.807, 2.05) is 7.05 Å². The molecule has 0 atom stereocenters. The third-order valence-electron chi connectivity index (χ3n) is 3.26. The van der Waals surface area contributed by atoms with Gasteiger partial charge in [-0.2, -0.15) is 5.10 Å². The average Bonchev–Trinajstić information content (AvgIpc) is 3.01. The van der Waals surface area contributed by atoms with E-state index in [0.29, 0.717) is 12.6 Å². The number of nitrogens with zero attached hydrogens (tertiary/aromatic N) is 3. The lowest BCUT2D eigenvalue weighted by Crippen LogP contribution is -2.34. The molecule has 18 heavy (non-hydrogen) atoms. The summed E-state index contributed by atoms with van der Waals surface area (Å²) in [6.45, 7) is 0.716. The fourth-order valence-corrected chi connectivity index (χ4v) is 2.30. The molecule has 1 aliphatic carbocycles. The lowest BCUT2D eigenvalue weighted by atomic mass is 10.3. The van der Waals surface area contributed by atoms with Gasteiger partial charge in [-0.1, -0.05) is 12.8 Å². The van der Waals surface area contributed by atoms with Gasteiger partial charge in [-0.05, 0) is 18.9 Å². The first-order valence-corrected chi connectivity index (χ1v) is 6.26. The average molecular weight is 363 g/mol. The largest absolute Gasteiger partial charge is 0.359 e. The van der Waals surface area contributed by atoms with E-state index >= 15 is 0 Å². The Morgan fingerprint density at radius 3 is 2.83 bits per heavy atom. The summed E-state index contributed by atoms with van der Waals surface area (Å²) in [5.41, 5.74) is 1.06. The summed E-state index contributed by atoms with van der Waals surface area (Å²) < 4.78 is 2.12. The van der Waals surface area contributed by atoms with Crippen LogP contribution in [0.25, 0.3) is 0 Å². The van der Waals surface area contributed by atoms with Crippen LogP contribution in [0.2, 0.25) is 0 Å². The standard InChI is InChI=1S/C12H21N5.HI/c1-13-12(14-2)15-9-10-7-8-17(16-10)11-5-3-4-6-11;/h7-8,11H,3-6,9H2,1-2H3,(H2,13,14,15);1H. The highest BCUT2D eigenvalue weighted by molar-refractivity contribution is 14.0. The van der Waals surface area contributed by atoms with Crippen LogP contribution in [0.5, 0.6) is 0 Å². The van der Waals surface area contributed by atoms with Crippen molar-refractivity contribution in [3.63, 3.8) is 0 Å². The van der Waals surface area contributed by atoms with Gasteiger partial charge in [0, 0.05) is 20.3 Å². The maximum atomic E-state index is 4.60. The van der Waals surface area contributed by atoms with Crippen molar-refractivity contribution >= 4 is 29.9 Å². The number of hydrogen-bond donors (Lipinski definition) is 2. The minimum absolute atomic E-state index is 0. The molecule has 0 unspecified atom stereocenters. The van der Waals surface area contributed by atoms with E-state index in [4.69, 9.17) is 0 Å². The second kappa shape index (κ2) is 7.60. The second-order valence-electron chi connectivity index (χ2n) is 4.40. The Kier molecular flexibility index (Phi) is 6.45. The summed E-state index contributed by atoms with van der Waals surface area (Å²) in [5, 5.41) is 10.8. The fourth-order valence-electron chi connectivity index (χ4n) is 2.30. The number of guanidine groups is 1. The summed E-state index contributed by atoms with van der Waals surface area (Å²) in [6.07, 6.45) is 7.31.